The molecule has 0 saturated heterocycles. The van der Waals surface area contributed by atoms with Crippen LogP contribution in [0.4, 0.5) is 0 Å². The number of hydrogen-bond acceptors (Lipinski definition) is 2. The Balaban J connectivity index is 2.99. The van der Waals surface area contributed by atoms with Crippen LogP contribution in [0.1, 0.15) is 5.69 Å². The zero-order valence-corrected chi connectivity index (χ0v) is 5.01. The number of rotatable bonds is 0. The minimum absolute atomic E-state index is 0.826. The topological polar surface area (TPSA) is 41.8 Å². The number of nitrogens with one attached hydrogen (secondary N) is 1. The second-order valence-electron chi connectivity index (χ2n) is 1.98. The summed E-state index contributed by atoms with van der Waals surface area (Å²) in [5, 5.41) is 3.75. The maximum absolute atomic E-state index is 4.91. The quantitative estimate of drug-likeness (QED) is 0.574. The summed E-state index contributed by atoms with van der Waals surface area (Å²) in [4.78, 5) is 3.01. The van der Waals surface area contributed by atoms with Crippen molar-refractivity contribution in [3.05, 3.63) is 18.0 Å². The minimum atomic E-state index is 0.826. The maximum Gasteiger partial charge on any atom is 0.184 e. The average molecular weight is 122 g/mol. The molecule has 3 nitrogen and oxygen atoms in total. The van der Waals surface area contributed by atoms with Gasteiger partial charge < -0.3 is 9.51 Å². The standard InChI is InChI=1S/C6H6N2O/c1-4-6-5(9-8-4)2-3-7-6/h2-3,7H,1H3. The Bertz CT molecular complexity index is 320. The van der Waals surface area contributed by atoms with E-state index in [1.807, 2.05) is 19.2 Å². The van der Waals surface area contributed by atoms with Crippen molar-refractivity contribution in [2.45, 2.75) is 6.92 Å². The fourth-order valence-electron chi connectivity index (χ4n) is 0.877. The Morgan fingerprint density at radius 2 is 2.56 bits per heavy atom. The number of aryl methyl sites for hydroxylation is 1. The van der Waals surface area contributed by atoms with E-state index in [-0.39, 0.29) is 0 Å². The summed E-state index contributed by atoms with van der Waals surface area (Å²) in [6, 6.07) is 1.86. The van der Waals surface area contributed by atoms with Gasteiger partial charge in [-0.05, 0) is 6.92 Å². The van der Waals surface area contributed by atoms with Gasteiger partial charge in [-0.1, -0.05) is 5.16 Å². The Hall–Kier alpha value is -1.25. The van der Waals surface area contributed by atoms with Crippen LogP contribution in [0.2, 0.25) is 0 Å². The second-order valence-corrected chi connectivity index (χ2v) is 1.98. The van der Waals surface area contributed by atoms with E-state index in [9.17, 15) is 0 Å². The summed E-state index contributed by atoms with van der Waals surface area (Å²) in [6.45, 7) is 1.91. The zero-order valence-electron chi connectivity index (χ0n) is 5.01. The lowest BCUT2D eigenvalue weighted by Gasteiger charge is -1.72. The van der Waals surface area contributed by atoms with E-state index >= 15 is 0 Å². The molecule has 3 heteroatoms. The molecule has 0 fully saturated rings. The Labute approximate surface area is 51.7 Å². The van der Waals surface area contributed by atoms with Crippen molar-refractivity contribution >= 4 is 11.1 Å². The molecule has 2 aromatic rings. The molecule has 0 bridgehead atoms. The van der Waals surface area contributed by atoms with E-state index in [1.165, 1.54) is 0 Å². The predicted octanol–water partition coefficient (Wildman–Crippen LogP) is 1.46. The summed E-state index contributed by atoms with van der Waals surface area (Å²) in [5.74, 6) is 0. The van der Waals surface area contributed by atoms with Crippen molar-refractivity contribution < 1.29 is 4.52 Å². The molecule has 0 aromatic carbocycles. The van der Waals surface area contributed by atoms with Gasteiger partial charge in [-0.2, -0.15) is 0 Å². The van der Waals surface area contributed by atoms with Gasteiger partial charge in [0, 0.05) is 12.3 Å². The van der Waals surface area contributed by atoms with Crippen molar-refractivity contribution in [1.82, 2.24) is 10.1 Å². The summed E-state index contributed by atoms with van der Waals surface area (Å²) in [7, 11) is 0. The van der Waals surface area contributed by atoms with Crippen LogP contribution in [-0.2, 0) is 0 Å². The molecule has 0 saturated carbocycles. The van der Waals surface area contributed by atoms with Gasteiger partial charge in [-0.3, -0.25) is 0 Å². The number of aromatic amines is 1. The fourth-order valence-corrected chi connectivity index (χ4v) is 0.877. The molecular formula is C6H6N2O. The third-order valence-corrected chi connectivity index (χ3v) is 1.35. The molecular weight excluding hydrogens is 116 g/mol. The first-order valence-corrected chi connectivity index (χ1v) is 2.77. The summed E-state index contributed by atoms with van der Waals surface area (Å²) in [5.41, 5.74) is 2.73. The monoisotopic (exact) mass is 122 g/mol. The van der Waals surface area contributed by atoms with Crippen LogP contribution in [-0.4, -0.2) is 10.1 Å². The lowest BCUT2D eigenvalue weighted by Crippen LogP contribution is -1.67. The normalized spacial score (nSPS) is 10.8. The number of H-pyrrole nitrogens is 1. The first-order valence-electron chi connectivity index (χ1n) is 2.77. The van der Waals surface area contributed by atoms with Crippen molar-refractivity contribution in [2.24, 2.45) is 0 Å². The Kier molecular flexibility index (Phi) is 0.704. The van der Waals surface area contributed by atoms with E-state index in [2.05, 4.69) is 10.1 Å². The van der Waals surface area contributed by atoms with Crippen LogP contribution in [0.15, 0.2) is 16.8 Å². The Morgan fingerprint density at radius 1 is 1.67 bits per heavy atom. The lowest BCUT2D eigenvalue weighted by molar-refractivity contribution is 0.450. The Morgan fingerprint density at radius 3 is 3.33 bits per heavy atom. The van der Waals surface area contributed by atoms with Gasteiger partial charge in [-0.15, -0.1) is 0 Å². The molecule has 2 rings (SSSR count). The van der Waals surface area contributed by atoms with Crippen LogP contribution in [0, 0.1) is 6.92 Å². The summed E-state index contributed by atoms with van der Waals surface area (Å²) >= 11 is 0. The van der Waals surface area contributed by atoms with E-state index in [0.29, 0.717) is 0 Å². The molecule has 0 amide bonds. The van der Waals surface area contributed by atoms with E-state index in [0.717, 1.165) is 16.8 Å². The number of nitrogens with zero attached hydrogens (tertiary/aromatic N) is 1. The molecule has 1 N–H and O–H groups in total. The molecule has 0 aliphatic rings. The molecule has 0 spiro atoms. The van der Waals surface area contributed by atoms with E-state index < -0.39 is 0 Å². The highest BCUT2D eigenvalue weighted by Crippen LogP contribution is 2.13. The van der Waals surface area contributed by atoms with Gasteiger partial charge in [0.25, 0.3) is 0 Å². The zero-order chi connectivity index (χ0) is 6.27. The van der Waals surface area contributed by atoms with Crippen molar-refractivity contribution in [3.63, 3.8) is 0 Å². The first kappa shape index (κ1) is 4.61. The number of fused-ring (bicyclic) bond motifs is 1. The predicted molar refractivity (Wildman–Crippen MR) is 33.1 cm³/mol. The van der Waals surface area contributed by atoms with Crippen molar-refractivity contribution in [3.8, 4) is 0 Å². The lowest BCUT2D eigenvalue weighted by atomic mass is 10.4. The van der Waals surface area contributed by atoms with Gasteiger partial charge in [0.1, 0.15) is 11.2 Å². The van der Waals surface area contributed by atoms with Gasteiger partial charge in [0.15, 0.2) is 5.58 Å². The van der Waals surface area contributed by atoms with Crippen LogP contribution in [0.25, 0.3) is 11.1 Å². The SMILES string of the molecule is Cc1noc2cc[nH]c12. The van der Waals surface area contributed by atoms with E-state index in [1.54, 1.807) is 0 Å². The van der Waals surface area contributed by atoms with Gasteiger partial charge in [0.05, 0.1) is 0 Å². The summed E-state index contributed by atoms with van der Waals surface area (Å²) in [6.07, 6.45) is 1.84. The molecule has 0 aliphatic heterocycles. The number of aromatic nitrogens is 2. The molecule has 0 aliphatic carbocycles. The third kappa shape index (κ3) is 0.483. The van der Waals surface area contributed by atoms with Gasteiger partial charge >= 0.3 is 0 Å². The van der Waals surface area contributed by atoms with Crippen LogP contribution >= 0.6 is 0 Å². The third-order valence-electron chi connectivity index (χ3n) is 1.35. The molecule has 0 unspecified atom stereocenters. The van der Waals surface area contributed by atoms with Crippen LogP contribution < -0.4 is 0 Å². The van der Waals surface area contributed by atoms with Crippen molar-refractivity contribution in [2.75, 3.05) is 0 Å². The first-order chi connectivity index (χ1) is 4.38. The molecule has 2 heterocycles. The highest BCUT2D eigenvalue weighted by Gasteiger charge is 2.01. The smallest absolute Gasteiger partial charge is 0.184 e. The molecule has 46 valence electrons. The highest BCUT2D eigenvalue weighted by molar-refractivity contribution is 5.74. The van der Waals surface area contributed by atoms with Crippen LogP contribution in [0.5, 0.6) is 0 Å². The number of hydrogen-bond donors (Lipinski definition) is 1. The molecule has 9 heavy (non-hydrogen) atoms. The van der Waals surface area contributed by atoms with Crippen molar-refractivity contribution in [1.29, 1.82) is 0 Å². The highest BCUT2D eigenvalue weighted by atomic mass is 16.5. The molecule has 0 radical (unpaired) electrons. The maximum atomic E-state index is 4.91. The van der Waals surface area contributed by atoms with Gasteiger partial charge in [0.2, 0.25) is 0 Å². The largest absolute Gasteiger partial charge is 0.357 e. The summed E-state index contributed by atoms with van der Waals surface area (Å²) < 4.78 is 4.91. The fraction of sp³-hybridized carbons (Fsp3) is 0.167. The van der Waals surface area contributed by atoms with Crippen LogP contribution in [0.3, 0.4) is 0 Å². The molecule has 2 aromatic heterocycles. The average Bonchev–Trinajstić information content (AvgIpc) is 2.35. The second kappa shape index (κ2) is 1.37. The van der Waals surface area contributed by atoms with Gasteiger partial charge in [-0.25, -0.2) is 0 Å². The molecule has 0 atom stereocenters. The van der Waals surface area contributed by atoms with E-state index in [4.69, 9.17) is 4.52 Å². The minimum Gasteiger partial charge on any atom is -0.357 e.